The molecular formula is C23H25FN6O2. The Morgan fingerprint density at radius 2 is 1.94 bits per heavy atom. The van der Waals surface area contributed by atoms with E-state index in [0.29, 0.717) is 47.8 Å². The summed E-state index contributed by atoms with van der Waals surface area (Å²) >= 11 is 0. The van der Waals surface area contributed by atoms with Gasteiger partial charge in [0.05, 0.1) is 18.5 Å². The lowest BCUT2D eigenvalue weighted by atomic mass is 9.90. The fourth-order valence-corrected chi connectivity index (χ4v) is 4.28. The van der Waals surface area contributed by atoms with Gasteiger partial charge in [0.25, 0.3) is 0 Å². The van der Waals surface area contributed by atoms with Crippen LogP contribution in [-0.4, -0.2) is 63.7 Å². The number of phenolic OH excluding ortho intramolecular Hbond substituents is 1. The number of halogens is 1. The van der Waals surface area contributed by atoms with E-state index < -0.39 is 6.17 Å². The average Bonchev–Trinajstić information content (AvgIpc) is 3.27. The molecule has 2 fully saturated rings. The molecule has 9 heteroatoms. The van der Waals surface area contributed by atoms with E-state index in [0.717, 1.165) is 30.9 Å². The number of anilines is 1. The predicted octanol–water partition coefficient (Wildman–Crippen LogP) is 2.98. The summed E-state index contributed by atoms with van der Waals surface area (Å²) < 4.78 is 18.2. The molecule has 1 saturated heterocycles. The van der Waals surface area contributed by atoms with E-state index in [4.69, 9.17) is 4.74 Å². The van der Waals surface area contributed by atoms with Gasteiger partial charge in [-0.15, -0.1) is 10.2 Å². The van der Waals surface area contributed by atoms with Crippen LogP contribution in [0, 0.1) is 0 Å². The van der Waals surface area contributed by atoms with Crippen LogP contribution < -0.4 is 15.0 Å². The van der Waals surface area contributed by atoms with Crippen molar-refractivity contribution in [1.29, 1.82) is 0 Å². The van der Waals surface area contributed by atoms with Crippen LogP contribution in [0.2, 0.25) is 0 Å². The number of aromatic nitrogens is 4. The third kappa shape index (κ3) is 4.20. The smallest absolute Gasteiger partial charge is 0.216 e. The van der Waals surface area contributed by atoms with Crippen molar-refractivity contribution in [3.8, 4) is 34.1 Å². The highest BCUT2D eigenvalue weighted by molar-refractivity contribution is 5.73. The summed E-state index contributed by atoms with van der Waals surface area (Å²) in [6.07, 6.45) is 3.03. The molecule has 1 atom stereocenters. The van der Waals surface area contributed by atoms with E-state index in [1.807, 2.05) is 18.2 Å². The van der Waals surface area contributed by atoms with Gasteiger partial charge < -0.3 is 20.1 Å². The van der Waals surface area contributed by atoms with Gasteiger partial charge in [-0.2, -0.15) is 0 Å². The van der Waals surface area contributed by atoms with E-state index in [9.17, 15) is 9.50 Å². The quantitative estimate of drug-likeness (QED) is 0.609. The molecule has 5 rings (SSSR count). The summed E-state index contributed by atoms with van der Waals surface area (Å²) in [5.74, 6) is 1.36. The summed E-state index contributed by atoms with van der Waals surface area (Å²) in [6.45, 7) is 1.73. The van der Waals surface area contributed by atoms with Crippen molar-refractivity contribution >= 4 is 5.82 Å². The zero-order valence-electron chi connectivity index (χ0n) is 17.8. The Kier molecular flexibility index (Phi) is 5.57. The summed E-state index contributed by atoms with van der Waals surface area (Å²) in [5, 5.41) is 22.8. The Balaban J connectivity index is 1.27. The van der Waals surface area contributed by atoms with Crippen molar-refractivity contribution in [2.24, 2.45) is 0 Å². The summed E-state index contributed by atoms with van der Waals surface area (Å²) in [5.41, 5.74) is 2.59. The number of alkyl halides is 1. The topological polar surface area (TPSA) is 96.3 Å². The van der Waals surface area contributed by atoms with Crippen molar-refractivity contribution in [2.45, 2.75) is 37.5 Å². The number of rotatable bonds is 6. The SMILES string of the molecule is COc1cc(-c2ccc(-c3ccc(N4CC[C@H](N[C@H]5C[C@H](F)C5)C4)nn3)c(O)c2)ncn1. The minimum atomic E-state index is -0.641. The number of hydrogen-bond donors (Lipinski definition) is 2. The van der Waals surface area contributed by atoms with Crippen molar-refractivity contribution in [3.05, 3.63) is 42.7 Å². The lowest BCUT2D eigenvalue weighted by molar-refractivity contribution is 0.148. The van der Waals surface area contributed by atoms with Crippen LogP contribution in [0.1, 0.15) is 19.3 Å². The van der Waals surface area contributed by atoms with Gasteiger partial charge in [0.2, 0.25) is 5.88 Å². The molecule has 2 aliphatic rings. The normalized spacial score (nSPS) is 22.6. The predicted molar refractivity (Wildman–Crippen MR) is 118 cm³/mol. The molecule has 3 aromatic rings. The number of phenols is 1. The highest BCUT2D eigenvalue weighted by Crippen LogP contribution is 2.33. The fraction of sp³-hybridized carbons (Fsp3) is 0.391. The number of benzene rings is 1. The Morgan fingerprint density at radius 1 is 1.06 bits per heavy atom. The molecule has 2 N–H and O–H groups in total. The molecule has 1 aliphatic carbocycles. The molecule has 1 saturated carbocycles. The molecule has 0 spiro atoms. The molecule has 0 bridgehead atoms. The molecule has 1 aromatic carbocycles. The second-order valence-corrected chi connectivity index (χ2v) is 8.32. The number of methoxy groups -OCH3 is 1. The van der Waals surface area contributed by atoms with Gasteiger partial charge in [0.15, 0.2) is 5.82 Å². The van der Waals surface area contributed by atoms with Gasteiger partial charge in [-0.25, -0.2) is 14.4 Å². The highest BCUT2D eigenvalue weighted by Gasteiger charge is 2.33. The third-order valence-electron chi connectivity index (χ3n) is 6.14. The zero-order chi connectivity index (χ0) is 22.1. The maximum Gasteiger partial charge on any atom is 0.216 e. The molecule has 3 heterocycles. The van der Waals surface area contributed by atoms with Gasteiger partial charge in [-0.3, -0.25) is 0 Å². The molecule has 32 heavy (non-hydrogen) atoms. The Labute approximate surface area is 185 Å². The maximum absolute atomic E-state index is 13.0. The van der Waals surface area contributed by atoms with Crippen LogP contribution in [-0.2, 0) is 0 Å². The van der Waals surface area contributed by atoms with E-state index in [-0.39, 0.29) is 5.75 Å². The molecule has 0 unspecified atom stereocenters. The van der Waals surface area contributed by atoms with Crippen LogP contribution in [0.3, 0.4) is 0 Å². The van der Waals surface area contributed by atoms with Crippen molar-refractivity contribution in [3.63, 3.8) is 0 Å². The average molecular weight is 436 g/mol. The first-order valence-corrected chi connectivity index (χ1v) is 10.8. The minimum Gasteiger partial charge on any atom is -0.507 e. The van der Waals surface area contributed by atoms with Gasteiger partial charge in [-0.1, -0.05) is 6.07 Å². The Bertz CT molecular complexity index is 1090. The number of aromatic hydroxyl groups is 1. The number of ether oxygens (including phenoxy) is 1. The Hall–Kier alpha value is -3.33. The van der Waals surface area contributed by atoms with E-state index in [1.54, 1.807) is 25.3 Å². The summed E-state index contributed by atoms with van der Waals surface area (Å²) in [6, 6.07) is 11.5. The molecule has 1 aliphatic heterocycles. The van der Waals surface area contributed by atoms with Crippen molar-refractivity contribution in [2.75, 3.05) is 25.1 Å². The molecular weight excluding hydrogens is 411 g/mol. The number of nitrogens with one attached hydrogen (secondary N) is 1. The molecule has 0 radical (unpaired) electrons. The van der Waals surface area contributed by atoms with Crippen LogP contribution in [0.15, 0.2) is 42.7 Å². The molecule has 0 amide bonds. The lowest BCUT2D eigenvalue weighted by Crippen LogP contribution is -2.48. The van der Waals surface area contributed by atoms with E-state index in [2.05, 4.69) is 30.4 Å². The third-order valence-corrected chi connectivity index (χ3v) is 6.14. The first-order chi connectivity index (χ1) is 15.6. The molecule has 166 valence electrons. The maximum atomic E-state index is 13.0. The van der Waals surface area contributed by atoms with E-state index >= 15 is 0 Å². The Morgan fingerprint density at radius 3 is 2.66 bits per heavy atom. The van der Waals surface area contributed by atoms with Crippen molar-refractivity contribution in [1.82, 2.24) is 25.5 Å². The monoisotopic (exact) mass is 436 g/mol. The standard InChI is InChI=1S/C23H25FN6O2/c1-32-23-11-20(25-13-26-23)14-2-3-18(21(31)8-14)19-4-5-22(29-28-19)30-7-6-16(12-30)27-17-9-15(24)10-17/h2-5,8,11,13,15-17,27,31H,6-7,9-10,12H2,1H3/t15-,16-,17-/m0/s1. The first kappa shape index (κ1) is 20.6. The lowest BCUT2D eigenvalue weighted by Gasteiger charge is -2.33. The first-order valence-electron chi connectivity index (χ1n) is 10.8. The van der Waals surface area contributed by atoms with Gasteiger partial charge >= 0.3 is 0 Å². The second kappa shape index (κ2) is 8.66. The van der Waals surface area contributed by atoms with E-state index in [1.165, 1.54) is 6.33 Å². The largest absolute Gasteiger partial charge is 0.507 e. The van der Waals surface area contributed by atoms with Gasteiger partial charge in [0.1, 0.15) is 18.2 Å². The molecule has 2 aromatic heterocycles. The van der Waals surface area contributed by atoms with Crippen molar-refractivity contribution < 1.29 is 14.2 Å². The van der Waals surface area contributed by atoms with Crippen LogP contribution in [0.5, 0.6) is 11.6 Å². The van der Waals surface area contributed by atoms with Crippen LogP contribution in [0.4, 0.5) is 10.2 Å². The van der Waals surface area contributed by atoms with Gasteiger partial charge in [-0.05, 0) is 43.5 Å². The molecule has 8 nitrogen and oxygen atoms in total. The minimum absolute atomic E-state index is 0.0965. The van der Waals surface area contributed by atoms with Crippen LogP contribution in [0.25, 0.3) is 22.5 Å². The number of nitrogens with zero attached hydrogens (tertiary/aromatic N) is 5. The summed E-state index contributed by atoms with van der Waals surface area (Å²) in [7, 11) is 1.54. The highest BCUT2D eigenvalue weighted by atomic mass is 19.1. The summed E-state index contributed by atoms with van der Waals surface area (Å²) in [4.78, 5) is 10.4. The van der Waals surface area contributed by atoms with Gasteiger partial charge in [0, 0.05) is 42.4 Å². The van der Waals surface area contributed by atoms with Crippen LogP contribution >= 0.6 is 0 Å². The second-order valence-electron chi connectivity index (χ2n) is 8.32. The number of hydrogen-bond acceptors (Lipinski definition) is 8. The zero-order valence-corrected chi connectivity index (χ0v) is 17.8. The fourth-order valence-electron chi connectivity index (χ4n) is 4.28.